The monoisotopic (exact) mass is 531 g/mol. The van der Waals surface area contributed by atoms with Crippen molar-refractivity contribution >= 4 is 27.0 Å². The second-order valence-electron chi connectivity index (χ2n) is 8.29. The molecular weight excluding hydrogens is 511 g/mol. The summed E-state index contributed by atoms with van der Waals surface area (Å²) < 4.78 is 47.2. The third-order valence-corrected chi connectivity index (χ3v) is 6.70. The van der Waals surface area contributed by atoms with Gasteiger partial charge in [0.25, 0.3) is 5.56 Å². The van der Waals surface area contributed by atoms with Crippen molar-refractivity contribution in [2.45, 2.75) is 45.1 Å². The molecule has 0 aliphatic heterocycles. The number of nitrogens with zero attached hydrogens (tertiary/aromatic N) is 3. The highest BCUT2D eigenvalue weighted by atomic mass is 79.9. The summed E-state index contributed by atoms with van der Waals surface area (Å²) in [5.74, 6) is 0.492. The molecule has 34 heavy (non-hydrogen) atoms. The number of aryl methyl sites for hydroxylation is 2. The van der Waals surface area contributed by atoms with Gasteiger partial charge < -0.3 is 13.9 Å². The van der Waals surface area contributed by atoms with Crippen LogP contribution in [-0.2, 0) is 19.4 Å². The number of alkyl halides is 3. The molecule has 2 aromatic carbocycles. The van der Waals surface area contributed by atoms with Crippen molar-refractivity contribution in [3.05, 3.63) is 92.1 Å². The zero-order valence-corrected chi connectivity index (χ0v) is 19.9. The molecule has 0 unspecified atom stereocenters. The molecule has 0 amide bonds. The molecule has 0 radical (unpaired) electrons. The van der Waals surface area contributed by atoms with Crippen LogP contribution in [0.3, 0.4) is 0 Å². The first-order valence-corrected chi connectivity index (χ1v) is 11.8. The summed E-state index contributed by atoms with van der Waals surface area (Å²) in [7, 11) is 0. The minimum atomic E-state index is -4.81. The van der Waals surface area contributed by atoms with E-state index in [1.807, 2.05) is 17.6 Å². The maximum absolute atomic E-state index is 13.6. The highest BCUT2D eigenvalue weighted by molar-refractivity contribution is 9.10. The number of ether oxygens (including phenoxy) is 1. The van der Waals surface area contributed by atoms with Gasteiger partial charge in [0.15, 0.2) is 0 Å². The first-order valence-electron chi connectivity index (χ1n) is 11.0. The van der Waals surface area contributed by atoms with Crippen molar-refractivity contribution in [3.63, 3.8) is 0 Å². The number of aromatic nitrogens is 3. The average molecular weight is 532 g/mol. The first kappa shape index (κ1) is 22.7. The van der Waals surface area contributed by atoms with Crippen LogP contribution in [-0.4, -0.2) is 20.5 Å². The summed E-state index contributed by atoms with van der Waals surface area (Å²) in [6.07, 6.45) is -0.846. The minimum absolute atomic E-state index is 0.0209. The Kier molecular flexibility index (Phi) is 5.75. The molecule has 1 aliphatic carbocycles. The molecule has 1 atom stereocenters. The normalized spacial score (nSPS) is 15.6. The fourth-order valence-electron chi connectivity index (χ4n) is 4.78. The van der Waals surface area contributed by atoms with Gasteiger partial charge in [0, 0.05) is 22.7 Å². The van der Waals surface area contributed by atoms with Gasteiger partial charge in [-0.25, -0.2) is 4.98 Å². The van der Waals surface area contributed by atoms with Gasteiger partial charge in [-0.1, -0.05) is 47.1 Å². The Morgan fingerprint density at radius 2 is 1.97 bits per heavy atom. The number of imidazole rings is 1. The Balaban J connectivity index is 1.61. The van der Waals surface area contributed by atoms with Gasteiger partial charge in [-0.2, -0.15) is 0 Å². The van der Waals surface area contributed by atoms with E-state index in [-0.39, 0.29) is 29.5 Å². The van der Waals surface area contributed by atoms with E-state index < -0.39 is 6.36 Å². The van der Waals surface area contributed by atoms with Crippen LogP contribution in [0.5, 0.6) is 5.75 Å². The van der Waals surface area contributed by atoms with Crippen LogP contribution in [0, 0.1) is 0 Å². The molecule has 1 aliphatic rings. The zero-order chi connectivity index (χ0) is 24.0. The van der Waals surface area contributed by atoms with Crippen LogP contribution in [0.4, 0.5) is 13.2 Å². The van der Waals surface area contributed by atoms with Gasteiger partial charge in [-0.05, 0) is 48.2 Å². The minimum Gasteiger partial charge on any atom is -0.405 e. The molecule has 5 rings (SSSR count). The molecule has 0 N–H and O–H groups in total. The van der Waals surface area contributed by atoms with Gasteiger partial charge in [0.2, 0.25) is 0 Å². The lowest BCUT2D eigenvalue weighted by Gasteiger charge is -2.18. The van der Waals surface area contributed by atoms with Crippen molar-refractivity contribution in [3.8, 4) is 5.75 Å². The van der Waals surface area contributed by atoms with E-state index in [0.29, 0.717) is 17.5 Å². The van der Waals surface area contributed by atoms with Crippen LogP contribution in [0.15, 0.2) is 64.0 Å². The number of fused-ring (bicyclic) bond motifs is 2. The molecule has 0 saturated carbocycles. The number of benzene rings is 2. The van der Waals surface area contributed by atoms with E-state index in [1.165, 1.54) is 28.3 Å². The number of pyridine rings is 1. The van der Waals surface area contributed by atoms with E-state index in [9.17, 15) is 18.0 Å². The maximum atomic E-state index is 13.6. The van der Waals surface area contributed by atoms with Crippen molar-refractivity contribution in [2.75, 3.05) is 0 Å². The number of hydrogen-bond donors (Lipinski definition) is 0. The van der Waals surface area contributed by atoms with Crippen LogP contribution in [0.1, 0.15) is 41.9 Å². The van der Waals surface area contributed by atoms with Gasteiger partial charge in [0.05, 0.1) is 18.1 Å². The smallest absolute Gasteiger partial charge is 0.405 e. The van der Waals surface area contributed by atoms with E-state index >= 15 is 0 Å². The molecule has 2 heterocycles. The molecule has 176 valence electrons. The Bertz CT molecular complexity index is 1440. The van der Waals surface area contributed by atoms with E-state index in [4.69, 9.17) is 4.98 Å². The topological polar surface area (TPSA) is 49.1 Å². The lowest BCUT2D eigenvalue weighted by molar-refractivity contribution is -0.274. The summed E-state index contributed by atoms with van der Waals surface area (Å²) >= 11 is 3.52. The van der Waals surface area contributed by atoms with Gasteiger partial charge in [-0.15, -0.1) is 13.2 Å². The Morgan fingerprint density at radius 1 is 1.18 bits per heavy atom. The molecule has 9 heteroatoms. The summed E-state index contributed by atoms with van der Waals surface area (Å²) in [4.78, 5) is 18.3. The Labute approximate surface area is 201 Å². The first-order chi connectivity index (χ1) is 16.2. The van der Waals surface area contributed by atoms with E-state index in [0.717, 1.165) is 28.7 Å². The largest absolute Gasteiger partial charge is 0.573 e. The highest BCUT2D eigenvalue weighted by Gasteiger charge is 2.32. The molecule has 0 spiro atoms. The maximum Gasteiger partial charge on any atom is 0.573 e. The van der Waals surface area contributed by atoms with Gasteiger partial charge in [-0.3, -0.25) is 4.79 Å². The second-order valence-corrected chi connectivity index (χ2v) is 9.20. The molecule has 2 aromatic heterocycles. The van der Waals surface area contributed by atoms with Crippen molar-refractivity contribution in [1.29, 1.82) is 0 Å². The number of rotatable bonds is 5. The van der Waals surface area contributed by atoms with Crippen LogP contribution >= 0.6 is 15.9 Å². The third kappa shape index (κ3) is 4.13. The lowest BCUT2D eigenvalue weighted by Crippen LogP contribution is -2.25. The predicted octanol–water partition coefficient (Wildman–Crippen LogP) is 6.01. The molecule has 0 saturated heterocycles. The number of hydrogen-bond acceptors (Lipinski definition) is 3. The van der Waals surface area contributed by atoms with E-state index in [2.05, 4.69) is 32.8 Å². The van der Waals surface area contributed by atoms with Crippen molar-refractivity contribution in [2.24, 2.45) is 0 Å². The molecule has 0 fully saturated rings. The SMILES string of the molecule is CCc1nc2ccn(Cc3ccccc3OC(F)(F)F)c(=O)c2n1[C@H]1CCc2cc(Br)ccc21. The fraction of sp³-hybridized carbons (Fsp3) is 0.280. The van der Waals surface area contributed by atoms with Crippen LogP contribution in [0.2, 0.25) is 0 Å². The van der Waals surface area contributed by atoms with Crippen molar-refractivity contribution < 1.29 is 17.9 Å². The van der Waals surface area contributed by atoms with E-state index in [1.54, 1.807) is 18.3 Å². The lowest BCUT2D eigenvalue weighted by atomic mass is 10.1. The Morgan fingerprint density at radius 3 is 2.74 bits per heavy atom. The van der Waals surface area contributed by atoms with Crippen molar-refractivity contribution in [1.82, 2.24) is 14.1 Å². The summed E-state index contributed by atoms with van der Waals surface area (Å²) in [6.45, 7) is 1.94. The van der Waals surface area contributed by atoms with Gasteiger partial charge in [0.1, 0.15) is 17.1 Å². The summed E-state index contributed by atoms with van der Waals surface area (Å²) in [5, 5.41) is 0. The molecule has 0 bridgehead atoms. The highest BCUT2D eigenvalue weighted by Crippen LogP contribution is 2.38. The Hall–Kier alpha value is -3.07. The quantitative estimate of drug-likeness (QED) is 0.317. The fourth-order valence-corrected chi connectivity index (χ4v) is 5.18. The third-order valence-electron chi connectivity index (χ3n) is 6.20. The second kappa shape index (κ2) is 8.61. The molecule has 5 nitrogen and oxygen atoms in total. The predicted molar refractivity (Wildman–Crippen MR) is 126 cm³/mol. The zero-order valence-electron chi connectivity index (χ0n) is 18.3. The van der Waals surface area contributed by atoms with Crippen LogP contribution < -0.4 is 10.3 Å². The number of halogens is 4. The van der Waals surface area contributed by atoms with Crippen LogP contribution in [0.25, 0.3) is 11.0 Å². The summed E-state index contributed by atoms with van der Waals surface area (Å²) in [6, 6.07) is 13.8. The number of para-hydroxylation sites is 1. The molecular formula is C25H21BrF3N3O2. The summed E-state index contributed by atoms with van der Waals surface area (Å²) in [5.41, 5.74) is 3.42. The average Bonchev–Trinajstić information content (AvgIpc) is 3.36. The standard InChI is InChI=1S/C25H21BrF3N3O2/c1-2-22-30-19-11-12-31(14-16-5-3-4-6-21(16)34-25(27,28)29)24(33)23(19)32(22)20-10-7-15-13-17(26)8-9-18(15)20/h3-6,8-9,11-13,20H,2,7,10,14H2,1H3/t20-/m0/s1. The molecule has 4 aromatic rings. The van der Waals surface area contributed by atoms with Gasteiger partial charge >= 0.3 is 6.36 Å².